The van der Waals surface area contributed by atoms with E-state index in [1.807, 2.05) is 0 Å². The van der Waals surface area contributed by atoms with Crippen molar-refractivity contribution in [1.29, 1.82) is 0 Å². The molecule has 0 aromatic carbocycles. The second kappa shape index (κ2) is 7.28. The molecule has 20 heavy (non-hydrogen) atoms. The van der Waals surface area contributed by atoms with Gasteiger partial charge in [0.25, 0.3) is 0 Å². The van der Waals surface area contributed by atoms with Gasteiger partial charge in [-0.25, -0.2) is 0 Å². The summed E-state index contributed by atoms with van der Waals surface area (Å²) < 4.78 is 4.53. The van der Waals surface area contributed by atoms with Crippen molar-refractivity contribution in [3.63, 3.8) is 0 Å². The van der Waals surface area contributed by atoms with Crippen molar-refractivity contribution in [3.8, 4) is 0 Å². The highest BCUT2D eigenvalue weighted by Crippen LogP contribution is 2.20. The van der Waals surface area contributed by atoms with Gasteiger partial charge in [-0.1, -0.05) is 0 Å². The minimum absolute atomic E-state index is 0.0476. The highest BCUT2D eigenvalue weighted by molar-refractivity contribution is 8.00. The molecular formula is C14H19NO4S. The van der Waals surface area contributed by atoms with Gasteiger partial charge in [0.2, 0.25) is 0 Å². The van der Waals surface area contributed by atoms with E-state index in [4.69, 9.17) is 0 Å². The summed E-state index contributed by atoms with van der Waals surface area (Å²) in [6.07, 6.45) is 0.288. The molecule has 0 aliphatic carbocycles. The number of rotatable bonds is 7. The number of esters is 1. The van der Waals surface area contributed by atoms with Gasteiger partial charge in [-0.15, -0.1) is 0 Å². The number of H-pyrrole nitrogens is 1. The third-order valence-corrected chi connectivity index (χ3v) is 3.94. The normalized spacial score (nSPS) is 10.4. The summed E-state index contributed by atoms with van der Waals surface area (Å²) in [5.74, 6) is 0.420. The zero-order valence-electron chi connectivity index (χ0n) is 12.2. The molecule has 0 aliphatic rings. The van der Waals surface area contributed by atoms with E-state index in [9.17, 15) is 14.4 Å². The molecular weight excluding hydrogens is 278 g/mol. The second-order valence-corrected chi connectivity index (χ2v) is 5.59. The maximum absolute atomic E-state index is 12.1. The molecule has 1 heterocycles. The van der Waals surface area contributed by atoms with Gasteiger partial charge in [-0.3, -0.25) is 14.4 Å². The predicted molar refractivity (Wildman–Crippen MR) is 78.6 cm³/mol. The fourth-order valence-corrected chi connectivity index (χ4v) is 2.84. The molecule has 1 aromatic rings. The molecule has 0 saturated heterocycles. The summed E-state index contributed by atoms with van der Waals surface area (Å²) in [4.78, 5) is 37.5. The Morgan fingerprint density at radius 3 is 2.40 bits per heavy atom. The number of methoxy groups -OCH3 is 1. The molecule has 0 bridgehead atoms. The lowest BCUT2D eigenvalue weighted by molar-refractivity contribution is -0.140. The minimum atomic E-state index is -0.282. The van der Waals surface area contributed by atoms with Gasteiger partial charge in [0.15, 0.2) is 11.6 Å². The highest BCUT2D eigenvalue weighted by Gasteiger charge is 2.19. The fraction of sp³-hybridized carbons (Fsp3) is 0.500. The smallest absolute Gasteiger partial charge is 0.306 e. The summed E-state index contributed by atoms with van der Waals surface area (Å²) in [6.45, 7) is 5.04. The lowest BCUT2D eigenvalue weighted by Crippen LogP contribution is -2.07. The van der Waals surface area contributed by atoms with Crippen LogP contribution in [-0.2, 0) is 9.53 Å². The monoisotopic (exact) mass is 297 g/mol. The summed E-state index contributed by atoms with van der Waals surface area (Å²) in [6, 6.07) is 0. The van der Waals surface area contributed by atoms with E-state index in [0.717, 1.165) is 5.69 Å². The number of aromatic nitrogens is 1. The molecule has 0 unspecified atom stereocenters. The van der Waals surface area contributed by atoms with Crippen LogP contribution in [0.5, 0.6) is 0 Å². The number of aromatic amines is 1. The van der Waals surface area contributed by atoms with Crippen molar-refractivity contribution < 1.29 is 19.1 Å². The van der Waals surface area contributed by atoms with E-state index >= 15 is 0 Å². The zero-order valence-corrected chi connectivity index (χ0v) is 13.0. The van der Waals surface area contributed by atoms with Crippen LogP contribution in [0.3, 0.4) is 0 Å². The summed E-state index contributed by atoms with van der Waals surface area (Å²) in [5.41, 5.74) is 2.50. The Kier molecular flexibility index (Phi) is 6.01. The number of hydrogen-bond acceptors (Lipinski definition) is 5. The van der Waals surface area contributed by atoms with Crippen LogP contribution in [0.4, 0.5) is 0 Å². The molecule has 0 saturated carbocycles. The molecule has 0 radical (unpaired) electrons. The van der Waals surface area contributed by atoms with Gasteiger partial charge in [0.05, 0.1) is 25.0 Å². The summed E-state index contributed by atoms with van der Waals surface area (Å²) >= 11 is 1.38. The van der Waals surface area contributed by atoms with Gasteiger partial charge in [0.1, 0.15) is 0 Å². The summed E-state index contributed by atoms with van der Waals surface area (Å²) in [5, 5.41) is 0. The molecule has 1 rings (SSSR count). The molecule has 0 atom stereocenters. The van der Waals surface area contributed by atoms with Crippen molar-refractivity contribution >= 4 is 29.3 Å². The Bertz CT molecular complexity index is 534. The number of aryl methyl sites for hydroxylation is 1. The van der Waals surface area contributed by atoms with Gasteiger partial charge in [0, 0.05) is 17.0 Å². The van der Waals surface area contributed by atoms with Crippen molar-refractivity contribution in [2.75, 3.05) is 18.6 Å². The molecule has 0 aliphatic heterocycles. The Hall–Kier alpha value is -1.56. The molecule has 0 amide bonds. The maximum Gasteiger partial charge on any atom is 0.306 e. The first-order chi connectivity index (χ1) is 9.38. The van der Waals surface area contributed by atoms with Crippen LogP contribution in [0, 0.1) is 13.8 Å². The van der Waals surface area contributed by atoms with Gasteiger partial charge in [-0.05, 0) is 26.3 Å². The third kappa shape index (κ3) is 3.96. The number of thioether (sulfide) groups is 1. The minimum Gasteiger partial charge on any atom is -0.469 e. The van der Waals surface area contributed by atoms with Crippen LogP contribution in [0.1, 0.15) is 45.4 Å². The fourth-order valence-electron chi connectivity index (χ4n) is 2.05. The first kappa shape index (κ1) is 16.5. The Balaban J connectivity index is 2.63. The number of nitrogens with one attached hydrogen (secondary N) is 1. The Morgan fingerprint density at radius 1 is 1.25 bits per heavy atom. The number of Topliss-reactive ketones (excluding diaryl/α,β-unsaturated/α-hetero) is 2. The van der Waals surface area contributed by atoms with E-state index < -0.39 is 0 Å². The van der Waals surface area contributed by atoms with Crippen LogP contribution in [-0.4, -0.2) is 41.1 Å². The topological polar surface area (TPSA) is 76.2 Å². The van der Waals surface area contributed by atoms with Gasteiger partial charge >= 0.3 is 5.97 Å². The molecule has 1 N–H and O–H groups in total. The molecule has 0 spiro atoms. The number of carbonyl (C=O) groups is 3. The lowest BCUT2D eigenvalue weighted by Gasteiger charge is -2.01. The second-order valence-electron chi connectivity index (χ2n) is 4.48. The highest BCUT2D eigenvalue weighted by atomic mass is 32.2. The van der Waals surface area contributed by atoms with E-state index in [1.54, 1.807) is 13.8 Å². The lowest BCUT2D eigenvalue weighted by atomic mass is 10.1. The average molecular weight is 297 g/mol. The van der Waals surface area contributed by atoms with Crippen molar-refractivity contribution in [3.05, 3.63) is 22.5 Å². The van der Waals surface area contributed by atoms with Crippen LogP contribution in [0.25, 0.3) is 0 Å². The molecule has 1 aromatic heterocycles. The van der Waals surface area contributed by atoms with Gasteiger partial charge < -0.3 is 9.72 Å². The van der Waals surface area contributed by atoms with E-state index in [-0.39, 0.29) is 29.7 Å². The first-order valence-electron chi connectivity index (χ1n) is 6.26. The zero-order chi connectivity index (χ0) is 15.3. The number of ether oxygens (including phenoxy) is 1. The van der Waals surface area contributed by atoms with Crippen LogP contribution in [0.2, 0.25) is 0 Å². The third-order valence-electron chi connectivity index (χ3n) is 2.98. The van der Waals surface area contributed by atoms with E-state index in [0.29, 0.717) is 22.6 Å². The molecule has 0 fully saturated rings. The van der Waals surface area contributed by atoms with Crippen LogP contribution >= 0.6 is 11.8 Å². The average Bonchev–Trinajstić information content (AvgIpc) is 2.69. The van der Waals surface area contributed by atoms with Crippen LogP contribution < -0.4 is 0 Å². The van der Waals surface area contributed by atoms with E-state index in [2.05, 4.69) is 9.72 Å². The molecule has 6 heteroatoms. The maximum atomic E-state index is 12.1. The largest absolute Gasteiger partial charge is 0.469 e. The molecule has 110 valence electrons. The standard InChI is InChI=1S/C14H19NO4S/c1-8-13(10(3)16)9(2)15-14(8)11(17)7-20-6-5-12(18)19-4/h15H,5-7H2,1-4H3. The van der Waals surface area contributed by atoms with Crippen LogP contribution in [0.15, 0.2) is 0 Å². The SMILES string of the molecule is COC(=O)CCSCC(=O)c1[nH]c(C)c(C(C)=O)c1C. The summed E-state index contributed by atoms with van der Waals surface area (Å²) in [7, 11) is 1.34. The van der Waals surface area contributed by atoms with E-state index in [1.165, 1.54) is 25.8 Å². The number of hydrogen-bond donors (Lipinski definition) is 1. The predicted octanol–water partition coefficient (Wildman–Crippen LogP) is 2.31. The quantitative estimate of drug-likeness (QED) is 0.475. The van der Waals surface area contributed by atoms with Crippen molar-refractivity contribution in [1.82, 2.24) is 4.98 Å². The van der Waals surface area contributed by atoms with Crippen molar-refractivity contribution in [2.45, 2.75) is 27.2 Å². The Morgan fingerprint density at radius 2 is 1.90 bits per heavy atom. The molecule has 5 nitrogen and oxygen atoms in total. The van der Waals surface area contributed by atoms with Crippen molar-refractivity contribution in [2.24, 2.45) is 0 Å². The first-order valence-corrected chi connectivity index (χ1v) is 7.41. The van der Waals surface area contributed by atoms with Gasteiger partial charge in [-0.2, -0.15) is 11.8 Å². The number of carbonyl (C=O) groups excluding carboxylic acids is 3. The Labute approximate surface area is 122 Å². The number of ketones is 2.